The van der Waals surface area contributed by atoms with Gasteiger partial charge in [-0.15, -0.1) is 0 Å². The third-order valence-electron chi connectivity index (χ3n) is 6.03. The van der Waals surface area contributed by atoms with Gasteiger partial charge < -0.3 is 5.11 Å². The van der Waals surface area contributed by atoms with Gasteiger partial charge in [0.25, 0.3) is 0 Å². The van der Waals surface area contributed by atoms with E-state index in [1.54, 1.807) is 17.8 Å². The molecule has 1 aromatic carbocycles. The van der Waals surface area contributed by atoms with Crippen LogP contribution in [0.25, 0.3) is 0 Å². The van der Waals surface area contributed by atoms with Crippen molar-refractivity contribution in [3.63, 3.8) is 0 Å². The third kappa shape index (κ3) is 4.27. The van der Waals surface area contributed by atoms with Crippen molar-refractivity contribution in [2.75, 3.05) is 0 Å². The summed E-state index contributed by atoms with van der Waals surface area (Å²) in [4.78, 5) is 16.7. The monoisotopic (exact) mass is 397 g/mol. The molecule has 1 heterocycles. The number of benzene rings is 1. The second-order valence-corrected chi connectivity index (χ2v) is 10.2. The maximum Gasteiger partial charge on any atom is 0.337 e. The molecule has 0 radical (unpaired) electrons. The molecule has 1 aliphatic carbocycles. The van der Waals surface area contributed by atoms with Crippen LogP contribution in [0.2, 0.25) is 0 Å². The van der Waals surface area contributed by atoms with Gasteiger partial charge in [-0.05, 0) is 71.4 Å². The van der Waals surface area contributed by atoms with Gasteiger partial charge in [-0.3, -0.25) is 0 Å². The molecular weight excluding hydrogens is 366 g/mol. The average Bonchev–Trinajstić information content (AvgIpc) is 2.64. The van der Waals surface area contributed by atoms with Crippen LogP contribution >= 0.6 is 11.8 Å². The molecular formula is C24H31NO2S. The summed E-state index contributed by atoms with van der Waals surface area (Å²) >= 11 is 1.65. The number of carboxylic acids is 1. The first-order valence-electron chi connectivity index (χ1n) is 10.2. The quantitative estimate of drug-likeness (QED) is 0.595. The maximum atomic E-state index is 11.1. The van der Waals surface area contributed by atoms with Crippen LogP contribution in [0.3, 0.4) is 0 Å². The number of aromatic nitrogens is 1. The van der Waals surface area contributed by atoms with Gasteiger partial charge in [0.1, 0.15) is 5.03 Å². The van der Waals surface area contributed by atoms with Crippen molar-refractivity contribution in [3.05, 3.63) is 52.7 Å². The fourth-order valence-electron chi connectivity index (χ4n) is 3.98. The fourth-order valence-corrected chi connectivity index (χ4v) is 4.91. The summed E-state index contributed by atoms with van der Waals surface area (Å²) in [5, 5.41) is 9.94. The van der Waals surface area contributed by atoms with Gasteiger partial charge in [-0.2, -0.15) is 0 Å². The Morgan fingerprint density at radius 2 is 1.75 bits per heavy atom. The highest BCUT2D eigenvalue weighted by molar-refractivity contribution is 7.99. The fraction of sp³-hybridized carbons (Fsp3) is 0.500. The van der Waals surface area contributed by atoms with E-state index in [1.165, 1.54) is 53.5 Å². The normalized spacial score (nSPS) is 17.2. The molecule has 0 saturated heterocycles. The van der Waals surface area contributed by atoms with E-state index >= 15 is 0 Å². The number of carbonyl (C=O) groups is 1. The molecule has 3 nitrogen and oxygen atoms in total. The van der Waals surface area contributed by atoms with E-state index in [-0.39, 0.29) is 16.4 Å². The Balaban J connectivity index is 2.04. The number of pyridine rings is 1. The lowest BCUT2D eigenvalue weighted by Crippen LogP contribution is -2.34. The minimum absolute atomic E-state index is 0.171. The van der Waals surface area contributed by atoms with Gasteiger partial charge in [-0.25, -0.2) is 9.78 Å². The lowest BCUT2D eigenvalue weighted by Gasteiger charge is -2.42. The second-order valence-electron chi connectivity index (χ2n) is 9.17. The molecule has 0 spiro atoms. The Labute approximate surface area is 173 Å². The molecule has 4 heteroatoms. The minimum Gasteiger partial charge on any atom is -0.478 e. The predicted octanol–water partition coefficient (Wildman–Crippen LogP) is 6.62. The number of rotatable bonds is 6. The number of unbranched alkanes of at least 4 members (excludes halogenated alkanes) is 1. The number of hydrogen-bond donors (Lipinski definition) is 1. The van der Waals surface area contributed by atoms with Gasteiger partial charge in [0, 0.05) is 11.1 Å². The Morgan fingerprint density at radius 3 is 2.29 bits per heavy atom. The van der Waals surface area contributed by atoms with Gasteiger partial charge in [-0.1, -0.05) is 58.9 Å². The Morgan fingerprint density at radius 1 is 1.11 bits per heavy atom. The predicted molar refractivity (Wildman–Crippen MR) is 116 cm³/mol. The third-order valence-corrected chi connectivity index (χ3v) is 7.08. The largest absolute Gasteiger partial charge is 0.478 e. The van der Waals surface area contributed by atoms with E-state index in [1.807, 2.05) is 6.07 Å². The highest BCUT2D eigenvalue weighted by Gasteiger charge is 2.37. The van der Waals surface area contributed by atoms with Crippen molar-refractivity contribution in [2.24, 2.45) is 0 Å². The number of aryl methyl sites for hydroxylation is 1. The SMILES string of the molecule is CCCCc1cc2c(cc1Sc1ccc(C(=O)O)cn1)C(C)(C)CCC2(C)C. The van der Waals surface area contributed by atoms with Gasteiger partial charge in [0.2, 0.25) is 0 Å². The maximum absolute atomic E-state index is 11.1. The van der Waals surface area contributed by atoms with Crippen LogP contribution in [0.15, 0.2) is 40.4 Å². The number of aromatic carboxylic acids is 1. The summed E-state index contributed by atoms with van der Waals surface area (Å²) in [6.45, 7) is 11.7. The van der Waals surface area contributed by atoms with Crippen LogP contribution in [0.1, 0.15) is 87.4 Å². The number of carboxylic acid groups (broad SMARTS) is 1. The van der Waals surface area contributed by atoms with Crippen LogP contribution in [0.4, 0.5) is 0 Å². The van der Waals surface area contributed by atoms with E-state index in [0.29, 0.717) is 0 Å². The second kappa shape index (κ2) is 7.90. The molecule has 0 aliphatic heterocycles. The van der Waals surface area contributed by atoms with Crippen LogP contribution in [-0.4, -0.2) is 16.1 Å². The van der Waals surface area contributed by atoms with E-state index < -0.39 is 5.97 Å². The number of fused-ring (bicyclic) bond motifs is 1. The van der Waals surface area contributed by atoms with Crippen molar-refractivity contribution in [1.29, 1.82) is 0 Å². The lowest BCUT2D eigenvalue weighted by molar-refractivity contribution is 0.0696. The Hall–Kier alpha value is -1.81. The van der Waals surface area contributed by atoms with E-state index in [0.717, 1.165) is 11.4 Å². The zero-order chi connectivity index (χ0) is 20.5. The molecule has 0 amide bonds. The molecule has 150 valence electrons. The number of hydrogen-bond acceptors (Lipinski definition) is 3. The first-order chi connectivity index (χ1) is 13.1. The van der Waals surface area contributed by atoms with Crippen molar-refractivity contribution < 1.29 is 9.90 Å². The van der Waals surface area contributed by atoms with E-state index in [4.69, 9.17) is 5.11 Å². The molecule has 1 aromatic heterocycles. The van der Waals surface area contributed by atoms with Crippen molar-refractivity contribution in [1.82, 2.24) is 4.98 Å². The average molecular weight is 398 g/mol. The Kier molecular flexibility index (Phi) is 5.90. The van der Waals surface area contributed by atoms with E-state index in [2.05, 4.69) is 51.7 Å². The highest BCUT2D eigenvalue weighted by Crippen LogP contribution is 2.48. The molecule has 2 aromatic rings. The summed E-state index contributed by atoms with van der Waals surface area (Å²) in [7, 11) is 0. The van der Waals surface area contributed by atoms with Crippen molar-refractivity contribution >= 4 is 17.7 Å². The zero-order valence-corrected chi connectivity index (χ0v) is 18.4. The highest BCUT2D eigenvalue weighted by atomic mass is 32.2. The van der Waals surface area contributed by atoms with Crippen molar-refractivity contribution in [2.45, 2.75) is 87.5 Å². The van der Waals surface area contributed by atoms with Gasteiger partial charge in [0.15, 0.2) is 0 Å². The topological polar surface area (TPSA) is 50.2 Å². The Bertz CT molecular complexity index is 869. The summed E-state index contributed by atoms with van der Waals surface area (Å²) < 4.78 is 0. The van der Waals surface area contributed by atoms with Crippen LogP contribution < -0.4 is 0 Å². The van der Waals surface area contributed by atoms with Crippen LogP contribution in [0, 0.1) is 0 Å². The van der Waals surface area contributed by atoms with Crippen LogP contribution in [0.5, 0.6) is 0 Å². The minimum atomic E-state index is -0.939. The zero-order valence-electron chi connectivity index (χ0n) is 17.6. The van der Waals surface area contributed by atoms with Gasteiger partial charge >= 0.3 is 5.97 Å². The summed E-state index contributed by atoms with van der Waals surface area (Å²) in [6, 6.07) is 8.28. The molecule has 28 heavy (non-hydrogen) atoms. The number of nitrogens with zero attached hydrogens (tertiary/aromatic N) is 1. The lowest BCUT2D eigenvalue weighted by atomic mass is 9.63. The molecule has 1 N–H and O–H groups in total. The summed E-state index contributed by atoms with van der Waals surface area (Å²) in [5.74, 6) is -0.939. The standard InChI is InChI=1S/C24H31NO2S/c1-6-7-8-16-13-18-19(24(4,5)12-11-23(18,2)3)14-20(16)28-21-10-9-17(15-25-21)22(26)27/h9-10,13-15H,6-8,11-12H2,1-5H3,(H,26,27). The molecule has 0 saturated carbocycles. The van der Waals surface area contributed by atoms with Crippen LogP contribution in [-0.2, 0) is 17.3 Å². The molecule has 0 atom stereocenters. The molecule has 1 aliphatic rings. The molecule has 0 bridgehead atoms. The summed E-state index contributed by atoms with van der Waals surface area (Å²) in [6.07, 6.45) is 7.25. The van der Waals surface area contributed by atoms with Crippen molar-refractivity contribution in [3.8, 4) is 0 Å². The molecule has 0 unspecified atom stereocenters. The molecule has 0 fully saturated rings. The first kappa shape index (κ1) is 20.9. The first-order valence-corrected chi connectivity index (χ1v) is 11.0. The van der Waals surface area contributed by atoms with Gasteiger partial charge in [0.05, 0.1) is 5.56 Å². The smallest absolute Gasteiger partial charge is 0.337 e. The summed E-state index contributed by atoms with van der Waals surface area (Å²) in [5.41, 5.74) is 4.94. The molecule has 3 rings (SSSR count). The van der Waals surface area contributed by atoms with E-state index in [9.17, 15) is 4.79 Å².